The van der Waals surface area contributed by atoms with Gasteiger partial charge in [0.2, 0.25) is 0 Å². The maximum atomic E-state index is 11.5. The fourth-order valence-corrected chi connectivity index (χ4v) is 1.57. The van der Waals surface area contributed by atoms with E-state index in [1.54, 1.807) is 0 Å². The molecule has 1 atom stereocenters. The van der Waals surface area contributed by atoms with Gasteiger partial charge in [-0.3, -0.25) is 4.79 Å². The van der Waals surface area contributed by atoms with E-state index >= 15 is 0 Å². The van der Waals surface area contributed by atoms with Crippen LogP contribution in [0, 0.1) is 0 Å². The average Bonchev–Trinajstić information content (AvgIpc) is 2.19. The number of benzene rings is 1. The molecule has 0 aliphatic heterocycles. The van der Waals surface area contributed by atoms with E-state index in [0.29, 0.717) is 12.8 Å². The van der Waals surface area contributed by atoms with Gasteiger partial charge < -0.3 is 5.73 Å². The minimum absolute atomic E-state index is 0.110. The highest BCUT2D eigenvalue weighted by Crippen LogP contribution is 2.11. The van der Waals surface area contributed by atoms with Gasteiger partial charge in [0.15, 0.2) is 0 Å². The lowest BCUT2D eigenvalue weighted by atomic mass is 10.0. The van der Waals surface area contributed by atoms with Crippen molar-refractivity contribution in [3.8, 4) is 0 Å². The molecule has 0 spiro atoms. The Morgan fingerprint density at radius 2 is 2.00 bits per heavy atom. The average molecular weight is 270 g/mol. The first-order chi connectivity index (χ1) is 7.08. The Balaban J connectivity index is 2.41. The topological polar surface area (TPSA) is 43.1 Å². The number of rotatable bonds is 5. The Morgan fingerprint density at radius 3 is 2.53 bits per heavy atom. The van der Waals surface area contributed by atoms with Crippen LogP contribution < -0.4 is 5.73 Å². The first-order valence-electron chi connectivity index (χ1n) is 5.09. The number of hydrogen-bond donors (Lipinski definition) is 1. The van der Waals surface area contributed by atoms with Crippen molar-refractivity contribution in [2.24, 2.45) is 5.73 Å². The molecule has 82 valence electrons. The summed E-state index contributed by atoms with van der Waals surface area (Å²) in [6.07, 6.45) is 1.86. The van der Waals surface area contributed by atoms with Crippen molar-refractivity contribution in [3.63, 3.8) is 0 Å². The summed E-state index contributed by atoms with van der Waals surface area (Å²) >= 11 is 3.36. The molecule has 3 heteroatoms. The van der Waals surface area contributed by atoms with E-state index in [4.69, 9.17) is 5.73 Å². The summed E-state index contributed by atoms with van der Waals surface area (Å²) in [5.41, 5.74) is 6.66. The van der Waals surface area contributed by atoms with E-state index in [1.165, 1.54) is 0 Å². The van der Waals surface area contributed by atoms with Gasteiger partial charge in [0.05, 0.1) is 0 Å². The summed E-state index contributed by atoms with van der Waals surface area (Å²) in [6, 6.07) is 7.95. The third-order valence-electron chi connectivity index (χ3n) is 2.19. The molecule has 2 N–H and O–H groups in total. The summed E-state index contributed by atoms with van der Waals surface area (Å²) in [6.45, 7) is 1.92. The minimum Gasteiger partial charge on any atom is -0.328 e. The summed E-state index contributed by atoms with van der Waals surface area (Å²) in [4.78, 5) is 11.5. The van der Waals surface area contributed by atoms with Gasteiger partial charge in [0.1, 0.15) is 5.78 Å². The van der Waals surface area contributed by atoms with Crippen molar-refractivity contribution >= 4 is 21.7 Å². The molecule has 1 aromatic carbocycles. The Bertz CT molecular complexity index is 319. The highest BCUT2D eigenvalue weighted by molar-refractivity contribution is 9.10. The van der Waals surface area contributed by atoms with E-state index in [1.807, 2.05) is 31.2 Å². The molecule has 1 unspecified atom stereocenters. The van der Waals surface area contributed by atoms with Crippen molar-refractivity contribution in [1.29, 1.82) is 0 Å². The third kappa shape index (κ3) is 5.09. The molecule has 0 aromatic heterocycles. The molecule has 1 rings (SSSR count). The van der Waals surface area contributed by atoms with Gasteiger partial charge >= 0.3 is 0 Å². The number of hydrogen-bond acceptors (Lipinski definition) is 2. The van der Waals surface area contributed by atoms with Crippen LogP contribution in [0.25, 0.3) is 0 Å². The highest BCUT2D eigenvalue weighted by Gasteiger charge is 2.05. The lowest BCUT2D eigenvalue weighted by Crippen LogP contribution is -2.16. The molecule has 0 saturated heterocycles. The lowest BCUT2D eigenvalue weighted by Gasteiger charge is -2.04. The van der Waals surface area contributed by atoms with Gasteiger partial charge in [-0.15, -0.1) is 0 Å². The van der Waals surface area contributed by atoms with Crippen LogP contribution >= 0.6 is 15.9 Å². The number of ketones is 1. The molecule has 0 heterocycles. The zero-order valence-corrected chi connectivity index (χ0v) is 10.5. The van der Waals surface area contributed by atoms with E-state index in [2.05, 4.69) is 15.9 Å². The minimum atomic E-state index is 0.110. The van der Waals surface area contributed by atoms with Gasteiger partial charge in [-0.25, -0.2) is 0 Å². The quantitative estimate of drug-likeness (QED) is 0.893. The number of nitrogens with two attached hydrogens (primary N) is 1. The fraction of sp³-hybridized carbons (Fsp3) is 0.417. The second-order valence-corrected chi connectivity index (χ2v) is 4.77. The molecule has 15 heavy (non-hydrogen) atoms. The SMILES string of the molecule is CC(N)CCC(=O)Cc1ccc(Br)cc1. The molecule has 0 saturated carbocycles. The molecular weight excluding hydrogens is 254 g/mol. The zero-order valence-electron chi connectivity index (χ0n) is 8.87. The molecule has 1 aromatic rings. The van der Waals surface area contributed by atoms with E-state index in [-0.39, 0.29) is 11.8 Å². The number of halogens is 1. The van der Waals surface area contributed by atoms with Crippen molar-refractivity contribution < 1.29 is 4.79 Å². The van der Waals surface area contributed by atoms with Crippen LogP contribution in [-0.2, 0) is 11.2 Å². The van der Waals surface area contributed by atoms with Crippen LogP contribution in [0.2, 0.25) is 0 Å². The molecule has 0 amide bonds. The monoisotopic (exact) mass is 269 g/mol. The summed E-state index contributed by atoms with van der Waals surface area (Å²) in [7, 11) is 0. The van der Waals surface area contributed by atoms with E-state index in [0.717, 1.165) is 16.5 Å². The zero-order chi connectivity index (χ0) is 11.3. The van der Waals surface area contributed by atoms with Crippen molar-refractivity contribution in [2.45, 2.75) is 32.2 Å². The smallest absolute Gasteiger partial charge is 0.137 e. The van der Waals surface area contributed by atoms with Crippen LogP contribution in [0.5, 0.6) is 0 Å². The number of carbonyl (C=O) groups is 1. The summed E-state index contributed by atoms with van der Waals surface area (Å²) in [5, 5.41) is 0. The maximum absolute atomic E-state index is 11.5. The fourth-order valence-electron chi connectivity index (χ4n) is 1.31. The molecular formula is C12H16BrNO. The predicted molar refractivity (Wildman–Crippen MR) is 65.7 cm³/mol. The Kier molecular flexibility index (Phi) is 4.99. The molecule has 0 fully saturated rings. The van der Waals surface area contributed by atoms with Crippen LogP contribution in [0.3, 0.4) is 0 Å². The van der Waals surface area contributed by atoms with E-state index in [9.17, 15) is 4.79 Å². The van der Waals surface area contributed by atoms with Crippen LogP contribution in [0.1, 0.15) is 25.3 Å². The maximum Gasteiger partial charge on any atom is 0.137 e. The molecule has 0 aliphatic rings. The van der Waals surface area contributed by atoms with Gasteiger partial charge in [0.25, 0.3) is 0 Å². The normalized spacial score (nSPS) is 12.5. The van der Waals surface area contributed by atoms with Gasteiger partial charge in [-0.2, -0.15) is 0 Å². The summed E-state index contributed by atoms with van der Waals surface area (Å²) < 4.78 is 1.04. The van der Waals surface area contributed by atoms with Gasteiger partial charge in [-0.1, -0.05) is 28.1 Å². The van der Waals surface area contributed by atoms with Crippen molar-refractivity contribution in [1.82, 2.24) is 0 Å². The molecule has 0 aliphatic carbocycles. The second-order valence-electron chi connectivity index (χ2n) is 3.86. The summed E-state index contributed by atoms with van der Waals surface area (Å²) in [5.74, 6) is 0.259. The Morgan fingerprint density at radius 1 is 1.40 bits per heavy atom. The largest absolute Gasteiger partial charge is 0.328 e. The van der Waals surface area contributed by atoms with Gasteiger partial charge in [-0.05, 0) is 31.0 Å². The molecule has 2 nitrogen and oxygen atoms in total. The van der Waals surface area contributed by atoms with E-state index < -0.39 is 0 Å². The van der Waals surface area contributed by atoms with Crippen molar-refractivity contribution in [3.05, 3.63) is 34.3 Å². The van der Waals surface area contributed by atoms with Crippen molar-refractivity contribution in [2.75, 3.05) is 0 Å². The van der Waals surface area contributed by atoms with Crippen LogP contribution in [-0.4, -0.2) is 11.8 Å². The predicted octanol–water partition coefficient (Wildman–Crippen LogP) is 2.69. The van der Waals surface area contributed by atoms with Crippen LogP contribution in [0.15, 0.2) is 28.7 Å². The number of Topliss-reactive ketones (excluding diaryl/α,β-unsaturated/α-hetero) is 1. The molecule has 0 bridgehead atoms. The highest BCUT2D eigenvalue weighted by atomic mass is 79.9. The van der Waals surface area contributed by atoms with Crippen LogP contribution in [0.4, 0.5) is 0 Å². The number of carbonyl (C=O) groups excluding carboxylic acids is 1. The lowest BCUT2D eigenvalue weighted by molar-refractivity contribution is -0.118. The second kappa shape index (κ2) is 6.03. The first-order valence-corrected chi connectivity index (χ1v) is 5.89. The Labute approximate surface area is 99.0 Å². The standard InChI is InChI=1S/C12H16BrNO/c1-9(14)2-7-12(15)8-10-3-5-11(13)6-4-10/h3-6,9H,2,7-8,14H2,1H3. The first kappa shape index (κ1) is 12.4. The Hall–Kier alpha value is -0.670. The molecule has 0 radical (unpaired) electrons. The third-order valence-corrected chi connectivity index (χ3v) is 2.72. The van der Waals surface area contributed by atoms with Gasteiger partial charge in [0, 0.05) is 23.4 Å².